The summed E-state index contributed by atoms with van der Waals surface area (Å²) >= 11 is 0. The number of hydrogen-bond donors (Lipinski definition) is 3. The fourth-order valence-electron chi connectivity index (χ4n) is 1.55. The van der Waals surface area contributed by atoms with Crippen molar-refractivity contribution in [1.29, 1.82) is 0 Å². The monoisotopic (exact) mass is 258 g/mol. The summed E-state index contributed by atoms with van der Waals surface area (Å²) in [6.45, 7) is 2.36. The SMILES string of the molecule is CNCCNc1cc(NCc2ccccn2)ncn1. The molecule has 2 heterocycles. The first-order valence-corrected chi connectivity index (χ1v) is 6.23. The van der Waals surface area contributed by atoms with Gasteiger partial charge in [-0.2, -0.15) is 0 Å². The maximum Gasteiger partial charge on any atom is 0.131 e. The molecule has 0 saturated carbocycles. The minimum absolute atomic E-state index is 0.647. The lowest BCUT2D eigenvalue weighted by atomic mass is 10.3. The summed E-state index contributed by atoms with van der Waals surface area (Å²) < 4.78 is 0. The molecule has 0 aliphatic rings. The smallest absolute Gasteiger partial charge is 0.131 e. The van der Waals surface area contributed by atoms with Crippen LogP contribution >= 0.6 is 0 Å². The Hall–Kier alpha value is -2.21. The van der Waals surface area contributed by atoms with Crippen LogP contribution in [-0.2, 0) is 6.54 Å². The molecule has 3 N–H and O–H groups in total. The van der Waals surface area contributed by atoms with Crippen molar-refractivity contribution in [3.63, 3.8) is 0 Å². The van der Waals surface area contributed by atoms with Gasteiger partial charge in [-0.1, -0.05) is 6.07 Å². The summed E-state index contributed by atoms with van der Waals surface area (Å²) in [5, 5.41) is 9.51. The van der Waals surface area contributed by atoms with Gasteiger partial charge in [0.15, 0.2) is 0 Å². The van der Waals surface area contributed by atoms with Crippen molar-refractivity contribution < 1.29 is 0 Å². The number of nitrogens with zero attached hydrogens (tertiary/aromatic N) is 3. The molecular weight excluding hydrogens is 240 g/mol. The zero-order valence-corrected chi connectivity index (χ0v) is 10.9. The van der Waals surface area contributed by atoms with Crippen molar-refractivity contribution in [2.24, 2.45) is 0 Å². The van der Waals surface area contributed by atoms with E-state index in [0.29, 0.717) is 6.54 Å². The van der Waals surface area contributed by atoms with E-state index >= 15 is 0 Å². The summed E-state index contributed by atoms with van der Waals surface area (Å²) in [6.07, 6.45) is 3.32. The molecule has 2 aromatic heterocycles. The minimum atomic E-state index is 0.647. The highest BCUT2D eigenvalue weighted by atomic mass is 15.1. The van der Waals surface area contributed by atoms with Gasteiger partial charge in [-0.25, -0.2) is 9.97 Å². The Balaban J connectivity index is 1.88. The summed E-state index contributed by atoms with van der Waals surface area (Å²) in [5.41, 5.74) is 0.978. The van der Waals surface area contributed by atoms with Crippen LogP contribution in [0.15, 0.2) is 36.8 Å². The first-order valence-electron chi connectivity index (χ1n) is 6.23. The third kappa shape index (κ3) is 4.51. The molecule has 6 nitrogen and oxygen atoms in total. The van der Waals surface area contributed by atoms with Crippen LogP contribution in [0.5, 0.6) is 0 Å². The molecule has 6 heteroatoms. The average molecular weight is 258 g/mol. The van der Waals surface area contributed by atoms with E-state index < -0.39 is 0 Å². The van der Waals surface area contributed by atoms with Crippen LogP contribution in [0.25, 0.3) is 0 Å². The first kappa shape index (κ1) is 13.2. The number of likely N-dealkylation sites (N-methyl/N-ethyl adjacent to an activating group) is 1. The predicted molar refractivity (Wildman–Crippen MR) is 76.0 cm³/mol. The van der Waals surface area contributed by atoms with E-state index in [2.05, 4.69) is 30.9 Å². The Bertz CT molecular complexity index is 488. The van der Waals surface area contributed by atoms with Crippen molar-refractivity contribution in [1.82, 2.24) is 20.3 Å². The molecule has 0 spiro atoms. The highest BCUT2D eigenvalue weighted by Crippen LogP contribution is 2.09. The van der Waals surface area contributed by atoms with E-state index in [1.54, 1.807) is 12.5 Å². The van der Waals surface area contributed by atoms with Gasteiger partial charge < -0.3 is 16.0 Å². The highest BCUT2D eigenvalue weighted by Gasteiger charge is 1.98. The Morgan fingerprint density at radius 3 is 2.58 bits per heavy atom. The summed E-state index contributed by atoms with van der Waals surface area (Å²) in [4.78, 5) is 12.6. The van der Waals surface area contributed by atoms with Crippen molar-refractivity contribution in [3.8, 4) is 0 Å². The van der Waals surface area contributed by atoms with Crippen LogP contribution in [0, 0.1) is 0 Å². The molecule has 0 unspecified atom stereocenters. The van der Waals surface area contributed by atoms with Gasteiger partial charge >= 0.3 is 0 Å². The second-order valence-electron chi connectivity index (χ2n) is 3.99. The number of anilines is 2. The van der Waals surface area contributed by atoms with Gasteiger partial charge in [0.25, 0.3) is 0 Å². The highest BCUT2D eigenvalue weighted by molar-refractivity contribution is 5.46. The Morgan fingerprint density at radius 2 is 1.84 bits per heavy atom. The number of nitrogens with one attached hydrogen (secondary N) is 3. The van der Waals surface area contributed by atoms with Gasteiger partial charge in [0.1, 0.15) is 18.0 Å². The molecule has 0 aromatic carbocycles. The summed E-state index contributed by atoms with van der Waals surface area (Å²) in [7, 11) is 1.92. The molecule has 2 rings (SSSR count). The first-order chi connectivity index (χ1) is 9.38. The molecule has 0 radical (unpaired) electrons. The molecule has 0 bridgehead atoms. The van der Waals surface area contributed by atoms with Gasteiger partial charge in [-0.15, -0.1) is 0 Å². The van der Waals surface area contributed by atoms with E-state index in [-0.39, 0.29) is 0 Å². The van der Waals surface area contributed by atoms with E-state index in [4.69, 9.17) is 0 Å². The lowest BCUT2D eigenvalue weighted by Gasteiger charge is -2.08. The van der Waals surface area contributed by atoms with E-state index in [9.17, 15) is 0 Å². The predicted octanol–water partition coefficient (Wildman–Crippen LogP) is 1.11. The standard InChI is InChI=1S/C13H18N6/c1-14-6-7-16-12-8-13(19-10-18-12)17-9-11-4-2-3-5-15-11/h2-5,8,10,14H,6-7,9H2,1H3,(H2,16,17,18,19). The lowest BCUT2D eigenvalue weighted by Crippen LogP contribution is -2.18. The lowest BCUT2D eigenvalue weighted by molar-refractivity contribution is 0.820. The van der Waals surface area contributed by atoms with Crippen LogP contribution in [0.3, 0.4) is 0 Å². The minimum Gasteiger partial charge on any atom is -0.369 e. The van der Waals surface area contributed by atoms with Gasteiger partial charge in [-0.05, 0) is 19.2 Å². The summed E-state index contributed by atoms with van der Waals surface area (Å²) in [5.74, 6) is 1.60. The second kappa shape index (κ2) is 7.27. The fourth-order valence-corrected chi connectivity index (χ4v) is 1.55. The van der Waals surface area contributed by atoms with Crippen LogP contribution < -0.4 is 16.0 Å². The third-order valence-corrected chi connectivity index (χ3v) is 2.52. The van der Waals surface area contributed by atoms with Crippen molar-refractivity contribution in [3.05, 3.63) is 42.5 Å². The Labute approximate surface area is 112 Å². The largest absolute Gasteiger partial charge is 0.369 e. The Morgan fingerprint density at radius 1 is 1.00 bits per heavy atom. The third-order valence-electron chi connectivity index (χ3n) is 2.52. The van der Waals surface area contributed by atoms with Crippen LogP contribution in [0.2, 0.25) is 0 Å². The molecule has 0 aliphatic carbocycles. The number of pyridine rings is 1. The van der Waals surface area contributed by atoms with Gasteiger partial charge in [0.2, 0.25) is 0 Å². The maximum absolute atomic E-state index is 4.25. The zero-order chi connectivity index (χ0) is 13.3. The molecule has 2 aromatic rings. The van der Waals surface area contributed by atoms with Gasteiger partial charge in [0.05, 0.1) is 12.2 Å². The van der Waals surface area contributed by atoms with Gasteiger partial charge in [-0.3, -0.25) is 4.98 Å². The van der Waals surface area contributed by atoms with Crippen LogP contribution in [0.1, 0.15) is 5.69 Å². The summed E-state index contributed by atoms with van der Waals surface area (Å²) in [6, 6.07) is 7.73. The van der Waals surface area contributed by atoms with E-state index in [0.717, 1.165) is 30.4 Å². The molecule has 0 aliphatic heterocycles. The number of rotatable bonds is 7. The van der Waals surface area contributed by atoms with Crippen molar-refractivity contribution in [2.45, 2.75) is 6.54 Å². The van der Waals surface area contributed by atoms with E-state index in [1.165, 1.54) is 0 Å². The number of aromatic nitrogens is 3. The number of hydrogen-bond acceptors (Lipinski definition) is 6. The van der Waals surface area contributed by atoms with Crippen LogP contribution in [-0.4, -0.2) is 35.1 Å². The molecule has 0 fully saturated rings. The molecule has 0 saturated heterocycles. The fraction of sp³-hybridized carbons (Fsp3) is 0.308. The van der Waals surface area contributed by atoms with Crippen molar-refractivity contribution >= 4 is 11.6 Å². The van der Waals surface area contributed by atoms with Crippen molar-refractivity contribution in [2.75, 3.05) is 30.8 Å². The zero-order valence-electron chi connectivity index (χ0n) is 10.9. The second-order valence-corrected chi connectivity index (χ2v) is 3.99. The Kier molecular flexibility index (Phi) is 5.06. The molecule has 0 atom stereocenters. The quantitative estimate of drug-likeness (QED) is 0.646. The molecule has 19 heavy (non-hydrogen) atoms. The van der Waals surface area contributed by atoms with E-state index in [1.807, 2.05) is 31.3 Å². The van der Waals surface area contributed by atoms with Crippen LogP contribution in [0.4, 0.5) is 11.6 Å². The molecular formula is C13H18N6. The van der Waals surface area contributed by atoms with Gasteiger partial charge in [0, 0.05) is 25.4 Å². The average Bonchev–Trinajstić information content (AvgIpc) is 2.47. The topological polar surface area (TPSA) is 74.8 Å². The molecule has 100 valence electrons. The maximum atomic E-state index is 4.25. The normalized spacial score (nSPS) is 10.2. The molecule has 0 amide bonds.